The molecule has 1 aromatic carbocycles. The number of hydrogen-bond acceptors (Lipinski definition) is 6. The second-order valence-corrected chi connectivity index (χ2v) is 7.18. The van der Waals surface area contributed by atoms with E-state index < -0.39 is 11.5 Å². The normalized spacial score (nSPS) is 14.8. The van der Waals surface area contributed by atoms with Crippen LogP contribution in [-0.4, -0.2) is 51.7 Å². The molecule has 3 heterocycles. The molecule has 0 unspecified atom stereocenters. The lowest BCUT2D eigenvalue weighted by atomic mass is 10.1. The molecule has 8 heteroatoms. The van der Waals surface area contributed by atoms with Gasteiger partial charge in [0.2, 0.25) is 5.69 Å². The zero-order valence-electron chi connectivity index (χ0n) is 16.3. The quantitative estimate of drug-likeness (QED) is 0.700. The van der Waals surface area contributed by atoms with E-state index in [0.29, 0.717) is 32.0 Å². The molecule has 0 bridgehead atoms. The van der Waals surface area contributed by atoms with Gasteiger partial charge < -0.3 is 10.1 Å². The third kappa shape index (κ3) is 4.49. The first-order chi connectivity index (χ1) is 14.1. The maximum Gasteiger partial charge on any atom is 0.289 e. The lowest BCUT2D eigenvalue weighted by molar-refractivity contribution is 0.0341. The molecule has 1 saturated heterocycles. The van der Waals surface area contributed by atoms with Gasteiger partial charge in [0, 0.05) is 32.4 Å². The summed E-state index contributed by atoms with van der Waals surface area (Å²) in [6, 6.07) is 11.5. The Kier molecular flexibility index (Phi) is 5.64. The van der Waals surface area contributed by atoms with Crippen LogP contribution < -0.4 is 10.9 Å². The van der Waals surface area contributed by atoms with Crippen LogP contribution in [0.4, 0.5) is 0 Å². The number of fused-ring (bicyclic) bond motifs is 1. The van der Waals surface area contributed by atoms with Gasteiger partial charge in [-0.15, -0.1) is 10.2 Å². The second-order valence-electron chi connectivity index (χ2n) is 7.18. The summed E-state index contributed by atoms with van der Waals surface area (Å²) in [5, 5.41) is 10.6. The Bertz CT molecular complexity index is 1070. The molecular weight excluding hydrogens is 370 g/mol. The van der Waals surface area contributed by atoms with Gasteiger partial charge in [-0.05, 0) is 24.1 Å². The van der Waals surface area contributed by atoms with Gasteiger partial charge in [0.1, 0.15) is 0 Å². The van der Waals surface area contributed by atoms with E-state index in [1.165, 1.54) is 4.40 Å². The summed E-state index contributed by atoms with van der Waals surface area (Å²) in [5.41, 5.74) is 2.80. The Labute approximate surface area is 168 Å². The highest BCUT2D eigenvalue weighted by Gasteiger charge is 2.16. The molecule has 0 aliphatic carbocycles. The lowest BCUT2D eigenvalue weighted by Gasteiger charge is -2.26. The number of hydrogen-bond donors (Lipinski definition) is 1. The first-order valence-electron chi connectivity index (χ1n) is 9.62. The van der Waals surface area contributed by atoms with Crippen molar-refractivity contribution in [2.45, 2.75) is 20.0 Å². The molecule has 0 saturated carbocycles. The van der Waals surface area contributed by atoms with E-state index in [2.05, 4.69) is 20.4 Å². The van der Waals surface area contributed by atoms with Crippen LogP contribution >= 0.6 is 0 Å². The third-order valence-electron chi connectivity index (χ3n) is 4.96. The summed E-state index contributed by atoms with van der Waals surface area (Å²) in [6.07, 6.45) is 1.73. The molecule has 150 valence electrons. The van der Waals surface area contributed by atoms with Crippen LogP contribution in [0.3, 0.4) is 0 Å². The Morgan fingerprint density at radius 2 is 1.79 bits per heavy atom. The van der Waals surface area contributed by atoms with Gasteiger partial charge in [0.15, 0.2) is 5.65 Å². The minimum Gasteiger partial charge on any atom is -0.379 e. The Morgan fingerprint density at radius 1 is 1.07 bits per heavy atom. The van der Waals surface area contributed by atoms with E-state index in [4.69, 9.17) is 4.74 Å². The minimum absolute atomic E-state index is 0.210. The van der Waals surface area contributed by atoms with Crippen molar-refractivity contribution in [1.82, 2.24) is 24.8 Å². The minimum atomic E-state index is -0.531. The number of ether oxygens (including phenoxy) is 1. The van der Waals surface area contributed by atoms with E-state index in [1.54, 1.807) is 12.3 Å². The van der Waals surface area contributed by atoms with Gasteiger partial charge in [0.05, 0.1) is 13.2 Å². The van der Waals surface area contributed by atoms with Crippen molar-refractivity contribution in [2.24, 2.45) is 0 Å². The summed E-state index contributed by atoms with van der Waals surface area (Å²) in [7, 11) is 0. The summed E-state index contributed by atoms with van der Waals surface area (Å²) in [4.78, 5) is 27.6. The molecule has 0 atom stereocenters. The number of morpholine rings is 1. The van der Waals surface area contributed by atoms with E-state index in [9.17, 15) is 9.59 Å². The molecule has 1 fully saturated rings. The lowest BCUT2D eigenvalue weighted by Crippen LogP contribution is -2.36. The molecule has 2 aromatic heterocycles. The molecule has 0 radical (unpaired) electrons. The van der Waals surface area contributed by atoms with E-state index in [-0.39, 0.29) is 5.69 Å². The highest BCUT2D eigenvalue weighted by molar-refractivity contribution is 5.91. The van der Waals surface area contributed by atoms with Crippen molar-refractivity contribution in [2.75, 3.05) is 26.3 Å². The standard InChI is InChI=1S/C21H23N5O3/c1-15-2-4-16(5-3-15)12-22-20(27)19-21(28)26-14-17(6-7-18(26)23-24-19)13-25-8-10-29-11-9-25/h2-7,14H,8-13H2,1H3,(H,22,27). The van der Waals surface area contributed by atoms with Gasteiger partial charge in [0.25, 0.3) is 11.5 Å². The van der Waals surface area contributed by atoms with E-state index in [0.717, 1.165) is 29.8 Å². The molecular formula is C21H23N5O3. The number of carbonyl (C=O) groups excluding carboxylic acids is 1. The van der Waals surface area contributed by atoms with E-state index >= 15 is 0 Å². The Hall–Kier alpha value is -3.10. The SMILES string of the molecule is Cc1ccc(CNC(=O)c2nnc3ccc(CN4CCOCC4)cn3c2=O)cc1. The number of amides is 1. The highest BCUT2D eigenvalue weighted by Crippen LogP contribution is 2.08. The van der Waals surface area contributed by atoms with Crippen molar-refractivity contribution in [3.8, 4) is 0 Å². The number of aromatic nitrogens is 3. The monoisotopic (exact) mass is 393 g/mol. The predicted octanol–water partition coefficient (Wildman–Crippen LogP) is 1.16. The van der Waals surface area contributed by atoms with Crippen molar-refractivity contribution in [3.05, 3.63) is 75.3 Å². The molecule has 1 aliphatic heterocycles. The van der Waals surface area contributed by atoms with Crippen LogP contribution in [0.25, 0.3) is 5.65 Å². The first kappa shape index (κ1) is 19.2. The number of benzene rings is 1. The number of pyridine rings is 1. The van der Waals surface area contributed by atoms with Gasteiger partial charge in [-0.1, -0.05) is 35.9 Å². The smallest absolute Gasteiger partial charge is 0.289 e. The van der Waals surface area contributed by atoms with Crippen LogP contribution in [0.15, 0.2) is 47.4 Å². The number of carbonyl (C=O) groups is 1. The zero-order chi connectivity index (χ0) is 20.2. The van der Waals surface area contributed by atoms with E-state index in [1.807, 2.05) is 37.3 Å². The van der Waals surface area contributed by atoms with Gasteiger partial charge >= 0.3 is 0 Å². The van der Waals surface area contributed by atoms with Crippen molar-refractivity contribution in [3.63, 3.8) is 0 Å². The van der Waals surface area contributed by atoms with Crippen molar-refractivity contribution in [1.29, 1.82) is 0 Å². The second kappa shape index (κ2) is 8.50. The molecule has 1 N–H and O–H groups in total. The van der Waals surface area contributed by atoms with Crippen molar-refractivity contribution < 1.29 is 9.53 Å². The summed E-state index contributed by atoms with van der Waals surface area (Å²) in [6.45, 7) is 6.17. The number of nitrogens with zero attached hydrogens (tertiary/aromatic N) is 4. The molecule has 3 aromatic rings. The molecule has 0 spiro atoms. The topological polar surface area (TPSA) is 88.8 Å². The zero-order valence-corrected chi connectivity index (χ0v) is 16.3. The van der Waals surface area contributed by atoms with Crippen LogP contribution in [0.2, 0.25) is 0 Å². The molecule has 1 amide bonds. The fraction of sp³-hybridized carbons (Fsp3) is 0.333. The average molecular weight is 393 g/mol. The van der Waals surface area contributed by atoms with Crippen LogP contribution in [0, 0.1) is 6.92 Å². The summed E-state index contributed by atoms with van der Waals surface area (Å²) in [5.74, 6) is -0.531. The fourth-order valence-electron chi connectivity index (χ4n) is 3.26. The van der Waals surface area contributed by atoms with Crippen LogP contribution in [0.1, 0.15) is 27.2 Å². The van der Waals surface area contributed by atoms with Gasteiger partial charge in [-0.2, -0.15) is 0 Å². The fourth-order valence-corrected chi connectivity index (χ4v) is 3.26. The Balaban J connectivity index is 1.52. The number of aryl methyl sites for hydroxylation is 1. The third-order valence-corrected chi connectivity index (χ3v) is 4.96. The number of nitrogens with one attached hydrogen (secondary N) is 1. The predicted molar refractivity (Wildman–Crippen MR) is 108 cm³/mol. The molecule has 29 heavy (non-hydrogen) atoms. The number of rotatable bonds is 5. The first-order valence-corrected chi connectivity index (χ1v) is 9.62. The Morgan fingerprint density at radius 3 is 2.55 bits per heavy atom. The maximum absolute atomic E-state index is 12.8. The average Bonchev–Trinajstić information content (AvgIpc) is 2.74. The van der Waals surface area contributed by atoms with Crippen LogP contribution in [-0.2, 0) is 17.8 Å². The van der Waals surface area contributed by atoms with Gasteiger partial charge in [-0.3, -0.25) is 18.9 Å². The largest absolute Gasteiger partial charge is 0.379 e. The summed E-state index contributed by atoms with van der Waals surface area (Å²) < 4.78 is 6.76. The van der Waals surface area contributed by atoms with Crippen molar-refractivity contribution >= 4 is 11.6 Å². The van der Waals surface area contributed by atoms with Gasteiger partial charge in [-0.25, -0.2) is 0 Å². The summed E-state index contributed by atoms with van der Waals surface area (Å²) >= 11 is 0. The maximum atomic E-state index is 12.8. The van der Waals surface area contributed by atoms with Crippen LogP contribution in [0.5, 0.6) is 0 Å². The highest BCUT2D eigenvalue weighted by atomic mass is 16.5. The molecule has 1 aliphatic rings. The molecule has 4 rings (SSSR count). The molecule has 8 nitrogen and oxygen atoms in total.